The summed E-state index contributed by atoms with van der Waals surface area (Å²) in [7, 11) is 0. The number of ether oxygens (including phenoxy) is 2. The van der Waals surface area contributed by atoms with Crippen molar-refractivity contribution in [1.29, 1.82) is 0 Å². The van der Waals surface area contributed by atoms with E-state index in [4.69, 9.17) is 9.47 Å². The summed E-state index contributed by atoms with van der Waals surface area (Å²) in [6.45, 7) is 6.79. The number of benzene rings is 4. The minimum absolute atomic E-state index is 0.00796. The molecular weight excluding hydrogens is 643 g/mol. The second-order valence-electron chi connectivity index (χ2n) is 12.5. The van der Waals surface area contributed by atoms with Gasteiger partial charge in [-0.05, 0) is 77.1 Å². The van der Waals surface area contributed by atoms with E-state index in [1.54, 1.807) is 12.1 Å². The average molecular weight is 678 g/mol. The number of nitrogens with zero attached hydrogens (tertiary/aromatic N) is 3. The molecule has 244 valence electrons. The van der Waals surface area contributed by atoms with E-state index in [2.05, 4.69) is 48.3 Å². The third-order valence-electron chi connectivity index (χ3n) is 8.58. The lowest BCUT2D eigenvalue weighted by molar-refractivity contribution is -0.132. The Balaban J connectivity index is 1.25. The zero-order chi connectivity index (χ0) is 33.4. The summed E-state index contributed by atoms with van der Waals surface area (Å²) in [6, 6.07) is 26.2. The van der Waals surface area contributed by atoms with Crippen molar-refractivity contribution >= 4 is 56.5 Å². The van der Waals surface area contributed by atoms with Crippen molar-refractivity contribution < 1.29 is 24.2 Å². The van der Waals surface area contributed by atoms with Gasteiger partial charge < -0.3 is 14.6 Å². The van der Waals surface area contributed by atoms with Gasteiger partial charge in [0.2, 0.25) is 5.13 Å². The van der Waals surface area contributed by atoms with Crippen LogP contribution in [0.2, 0.25) is 0 Å². The second-order valence-corrected chi connectivity index (χ2v) is 14.7. The third kappa shape index (κ3) is 6.30. The maximum absolute atomic E-state index is 13.8. The minimum atomic E-state index is -0.939. The van der Waals surface area contributed by atoms with E-state index in [-0.39, 0.29) is 22.6 Å². The summed E-state index contributed by atoms with van der Waals surface area (Å²) < 4.78 is 12.6. The van der Waals surface area contributed by atoms with E-state index < -0.39 is 17.7 Å². The highest BCUT2D eigenvalue weighted by Crippen LogP contribution is 2.45. The topological polar surface area (TPSA) is 102 Å². The molecule has 2 aliphatic rings. The fourth-order valence-corrected chi connectivity index (χ4v) is 8.04. The number of ketones is 1. The zero-order valence-electron chi connectivity index (χ0n) is 26.9. The molecule has 1 N–H and O–H groups in total. The Hall–Kier alpha value is -4.67. The van der Waals surface area contributed by atoms with Crippen molar-refractivity contribution in [3.05, 3.63) is 113 Å². The van der Waals surface area contributed by atoms with Crippen LogP contribution in [0.25, 0.3) is 16.5 Å². The van der Waals surface area contributed by atoms with Gasteiger partial charge in [-0.2, -0.15) is 0 Å². The molecule has 3 heterocycles. The van der Waals surface area contributed by atoms with Crippen LogP contribution < -0.4 is 14.4 Å². The first-order valence-corrected chi connectivity index (χ1v) is 17.8. The van der Waals surface area contributed by atoms with Crippen molar-refractivity contribution in [2.75, 3.05) is 11.5 Å². The fourth-order valence-electron chi connectivity index (χ4n) is 6.17. The van der Waals surface area contributed by atoms with Gasteiger partial charge in [0, 0.05) is 17.7 Å². The van der Waals surface area contributed by atoms with Crippen LogP contribution in [0.4, 0.5) is 5.13 Å². The number of carbonyl (C=O) groups excluding carboxylic acids is 2. The van der Waals surface area contributed by atoms with Gasteiger partial charge in [0.1, 0.15) is 23.4 Å². The second kappa shape index (κ2) is 13.4. The standard InChI is InChI=1S/C38H35N3O5S2/c1-22(2)16-17-45-29-12-7-10-25(20-29)33-32(34(42)26-14-15-31-28(19-26)18-23(3)46-31)35(43)36(44)41(33)37-39-40-38(48-37)47-21-27-11-6-9-24-8-4-5-13-30(24)27/h4-15,19-20,22-23,33,42H,16-18,21H2,1-3H3/b34-32-. The van der Waals surface area contributed by atoms with Crippen LogP contribution >= 0.6 is 23.1 Å². The number of hydrogen-bond acceptors (Lipinski definition) is 9. The molecular formula is C38H35N3O5S2. The van der Waals surface area contributed by atoms with E-state index in [0.29, 0.717) is 45.9 Å². The predicted molar refractivity (Wildman–Crippen MR) is 190 cm³/mol. The van der Waals surface area contributed by atoms with Gasteiger partial charge >= 0.3 is 5.91 Å². The normalized spacial score (nSPS) is 18.5. The predicted octanol–water partition coefficient (Wildman–Crippen LogP) is 8.36. The first kappa shape index (κ1) is 31.9. The van der Waals surface area contributed by atoms with Crippen molar-refractivity contribution in [3.8, 4) is 11.5 Å². The Morgan fingerprint density at radius 1 is 1.04 bits per heavy atom. The van der Waals surface area contributed by atoms with Crippen LogP contribution in [-0.4, -0.2) is 39.7 Å². The molecule has 0 aliphatic carbocycles. The lowest BCUT2D eigenvalue weighted by atomic mass is 9.94. The number of anilines is 1. The Labute approximate surface area is 287 Å². The van der Waals surface area contributed by atoms with E-state index in [0.717, 1.165) is 23.1 Å². The number of aliphatic hydroxyl groups excluding tert-OH is 1. The van der Waals surface area contributed by atoms with E-state index in [1.807, 2.05) is 55.5 Å². The Kier molecular flexibility index (Phi) is 8.94. The smallest absolute Gasteiger partial charge is 0.301 e. The maximum Gasteiger partial charge on any atom is 0.301 e. The summed E-state index contributed by atoms with van der Waals surface area (Å²) in [5.74, 6) is 0.710. The average Bonchev–Trinajstić information content (AvgIpc) is 3.78. The van der Waals surface area contributed by atoms with Crippen molar-refractivity contribution in [2.24, 2.45) is 5.92 Å². The van der Waals surface area contributed by atoms with Crippen LogP contribution in [0.15, 0.2) is 94.8 Å². The number of aliphatic hydroxyl groups is 1. The molecule has 1 saturated heterocycles. The van der Waals surface area contributed by atoms with Crippen LogP contribution in [0.5, 0.6) is 11.5 Å². The SMILES string of the molecule is CC(C)CCOc1cccc(C2/C(=C(/O)c3ccc4c(c3)CC(C)O4)C(=O)C(=O)N2c2nnc(SCc3cccc4ccccc34)s2)c1. The number of hydrogen-bond donors (Lipinski definition) is 1. The van der Waals surface area contributed by atoms with Crippen LogP contribution in [-0.2, 0) is 21.8 Å². The van der Waals surface area contributed by atoms with Gasteiger partial charge in [-0.3, -0.25) is 14.5 Å². The number of fused-ring (bicyclic) bond motifs is 2. The molecule has 5 aromatic rings. The molecule has 10 heteroatoms. The van der Waals surface area contributed by atoms with Crippen LogP contribution in [0.3, 0.4) is 0 Å². The van der Waals surface area contributed by atoms with Crippen LogP contribution in [0, 0.1) is 5.92 Å². The largest absolute Gasteiger partial charge is 0.507 e. The lowest BCUT2D eigenvalue weighted by Crippen LogP contribution is -2.29. The molecule has 2 atom stereocenters. The first-order valence-electron chi connectivity index (χ1n) is 16.0. The molecule has 7 rings (SSSR count). The van der Waals surface area contributed by atoms with Gasteiger partial charge in [0.15, 0.2) is 4.34 Å². The van der Waals surface area contributed by atoms with Gasteiger partial charge in [-0.1, -0.05) is 91.5 Å². The van der Waals surface area contributed by atoms with Gasteiger partial charge in [-0.15, -0.1) is 10.2 Å². The van der Waals surface area contributed by atoms with Crippen molar-refractivity contribution in [1.82, 2.24) is 10.2 Å². The summed E-state index contributed by atoms with van der Waals surface area (Å²) in [5, 5.41) is 23.2. The van der Waals surface area contributed by atoms with E-state index >= 15 is 0 Å². The highest BCUT2D eigenvalue weighted by Gasteiger charge is 2.48. The molecule has 2 unspecified atom stereocenters. The molecule has 48 heavy (non-hydrogen) atoms. The molecule has 8 nitrogen and oxygen atoms in total. The van der Waals surface area contributed by atoms with Gasteiger partial charge in [0.05, 0.1) is 18.2 Å². The van der Waals surface area contributed by atoms with Gasteiger partial charge in [-0.25, -0.2) is 0 Å². The number of aromatic nitrogens is 2. The Morgan fingerprint density at radius 2 is 1.85 bits per heavy atom. The molecule has 1 amide bonds. The fraction of sp³-hybridized carbons (Fsp3) is 0.263. The molecule has 0 radical (unpaired) electrons. The molecule has 1 fully saturated rings. The number of amides is 1. The van der Waals surface area contributed by atoms with E-state index in [1.165, 1.54) is 38.9 Å². The lowest BCUT2D eigenvalue weighted by Gasteiger charge is -2.23. The maximum atomic E-state index is 13.8. The van der Waals surface area contributed by atoms with Crippen molar-refractivity contribution in [2.45, 2.75) is 55.9 Å². The molecule has 0 spiro atoms. The molecule has 0 saturated carbocycles. The molecule has 2 aliphatic heterocycles. The highest BCUT2D eigenvalue weighted by atomic mass is 32.2. The summed E-state index contributed by atoms with van der Waals surface area (Å²) >= 11 is 2.77. The molecule has 0 bridgehead atoms. The monoisotopic (exact) mass is 677 g/mol. The summed E-state index contributed by atoms with van der Waals surface area (Å²) in [6.07, 6.45) is 1.59. The summed E-state index contributed by atoms with van der Waals surface area (Å²) in [4.78, 5) is 29.0. The van der Waals surface area contributed by atoms with Crippen LogP contribution in [0.1, 0.15) is 55.5 Å². The first-order chi connectivity index (χ1) is 23.3. The summed E-state index contributed by atoms with van der Waals surface area (Å²) in [5.41, 5.74) is 3.17. The van der Waals surface area contributed by atoms with E-state index in [9.17, 15) is 14.7 Å². The number of carbonyl (C=O) groups is 2. The number of thioether (sulfide) groups is 1. The third-order valence-corrected chi connectivity index (χ3v) is 10.7. The Morgan fingerprint density at radius 3 is 2.71 bits per heavy atom. The minimum Gasteiger partial charge on any atom is -0.507 e. The number of Topliss-reactive ketones (excluding diaryl/α,β-unsaturated/α-hetero) is 1. The quantitative estimate of drug-likeness (QED) is 0.0518. The molecule has 1 aromatic heterocycles. The van der Waals surface area contributed by atoms with Crippen molar-refractivity contribution in [3.63, 3.8) is 0 Å². The molecule has 4 aromatic carbocycles. The zero-order valence-corrected chi connectivity index (χ0v) is 28.5. The Bertz CT molecular complexity index is 2050. The number of rotatable bonds is 10. The highest BCUT2D eigenvalue weighted by molar-refractivity contribution is 8.00. The van der Waals surface area contributed by atoms with Gasteiger partial charge in [0.25, 0.3) is 5.78 Å².